The van der Waals surface area contributed by atoms with Gasteiger partial charge < -0.3 is 15.1 Å². The van der Waals surface area contributed by atoms with Gasteiger partial charge in [0.2, 0.25) is 11.2 Å². The van der Waals surface area contributed by atoms with Crippen molar-refractivity contribution < 1.29 is 27.5 Å². The second kappa shape index (κ2) is 12.6. The topological polar surface area (TPSA) is 83.9 Å². The van der Waals surface area contributed by atoms with E-state index >= 15 is 0 Å². The molecule has 1 amide bonds. The Balaban J connectivity index is 0.000000206. The van der Waals surface area contributed by atoms with Gasteiger partial charge >= 0.3 is 12.1 Å². The van der Waals surface area contributed by atoms with Gasteiger partial charge in [-0.1, -0.05) is 41.9 Å². The van der Waals surface area contributed by atoms with E-state index in [9.17, 15) is 27.6 Å². The van der Waals surface area contributed by atoms with Crippen molar-refractivity contribution in [2.24, 2.45) is 0 Å². The van der Waals surface area contributed by atoms with Crippen molar-refractivity contribution >= 4 is 35.2 Å². The number of halogens is 4. The van der Waals surface area contributed by atoms with Gasteiger partial charge in [-0.25, -0.2) is 0 Å². The van der Waals surface area contributed by atoms with E-state index in [1.165, 1.54) is 32.7 Å². The van der Waals surface area contributed by atoms with E-state index in [0.29, 0.717) is 4.90 Å². The number of nitrogens with zero attached hydrogens (tertiary/aromatic N) is 3. The molecule has 1 atom stereocenters. The van der Waals surface area contributed by atoms with Crippen LogP contribution in [-0.4, -0.2) is 65.9 Å². The van der Waals surface area contributed by atoms with E-state index in [0.717, 1.165) is 34.9 Å². The van der Waals surface area contributed by atoms with Gasteiger partial charge in [-0.2, -0.15) is 13.2 Å². The van der Waals surface area contributed by atoms with Crippen molar-refractivity contribution in [1.29, 1.82) is 0 Å². The van der Waals surface area contributed by atoms with Crippen molar-refractivity contribution in [2.75, 3.05) is 32.7 Å². The second-order valence-electron chi connectivity index (χ2n) is 9.70. The lowest BCUT2D eigenvalue weighted by molar-refractivity contribution is -0.172. The van der Waals surface area contributed by atoms with Crippen LogP contribution in [0.5, 0.6) is 5.75 Å². The number of hydrogen-bond donors (Lipinski definition) is 1. The maximum atomic E-state index is 12.9. The predicted molar refractivity (Wildman–Crippen MR) is 151 cm³/mol. The zero-order chi connectivity index (χ0) is 29.9. The minimum atomic E-state index is -4.64. The molecule has 5 rings (SSSR count). The first-order chi connectivity index (χ1) is 19.4. The SMILES string of the molecule is C[C@@H](N1CNn2ccc(=O)c(OC(=O)CN(C)C)c2C1=O)C(F)(F)F.Clc1cccc2c1CSc1ccccc1C2. The second-order valence-corrected chi connectivity index (χ2v) is 11.1. The molecule has 0 aliphatic carbocycles. The van der Waals surface area contributed by atoms with Gasteiger partial charge in [-0.3, -0.25) is 24.0 Å². The number of carbonyl (C=O) groups is 2. The molecule has 218 valence electrons. The van der Waals surface area contributed by atoms with Gasteiger partial charge in [0.05, 0.1) is 6.54 Å². The first kappa shape index (κ1) is 30.5. The Labute approximate surface area is 244 Å². The summed E-state index contributed by atoms with van der Waals surface area (Å²) in [6.45, 7) is 0.243. The summed E-state index contributed by atoms with van der Waals surface area (Å²) in [6, 6.07) is 13.8. The van der Waals surface area contributed by atoms with Gasteiger partial charge in [0.1, 0.15) is 12.7 Å². The molecule has 0 spiro atoms. The largest absolute Gasteiger partial charge is 0.419 e. The van der Waals surface area contributed by atoms with Crippen LogP contribution in [0.2, 0.25) is 5.02 Å². The Morgan fingerprint density at radius 2 is 1.83 bits per heavy atom. The molecule has 0 bridgehead atoms. The van der Waals surface area contributed by atoms with E-state index in [2.05, 4.69) is 35.8 Å². The van der Waals surface area contributed by atoms with Crippen LogP contribution in [0, 0.1) is 0 Å². The predicted octanol–water partition coefficient (Wildman–Crippen LogP) is 4.76. The molecule has 8 nitrogen and oxygen atoms in total. The molecular formula is C28H28ClF3N4O4S. The van der Waals surface area contributed by atoms with Gasteiger partial charge in [0.25, 0.3) is 5.91 Å². The van der Waals surface area contributed by atoms with E-state index < -0.39 is 47.6 Å². The molecule has 1 aromatic heterocycles. The Kier molecular flexibility index (Phi) is 9.35. The Bertz CT molecular complexity index is 1510. The zero-order valence-corrected chi connectivity index (χ0v) is 24.1. The number of nitrogens with one attached hydrogen (secondary N) is 1. The molecule has 0 unspecified atom stereocenters. The lowest BCUT2D eigenvalue weighted by Gasteiger charge is -2.36. The summed E-state index contributed by atoms with van der Waals surface area (Å²) in [7, 11) is 3.18. The highest BCUT2D eigenvalue weighted by Gasteiger charge is 2.45. The number of carbonyl (C=O) groups excluding carboxylic acids is 2. The number of rotatable bonds is 4. The van der Waals surface area contributed by atoms with Crippen molar-refractivity contribution in [3.8, 4) is 5.75 Å². The van der Waals surface area contributed by atoms with Crippen LogP contribution in [0.3, 0.4) is 0 Å². The lowest BCUT2D eigenvalue weighted by Crippen LogP contribution is -2.54. The number of alkyl halides is 3. The number of thioether (sulfide) groups is 1. The molecule has 0 saturated heterocycles. The van der Waals surface area contributed by atoms with Crippen LogP contribution in [0.25, 0.3) is 0 Å². The Morgan fingerprint density at radius 1 is 1.12 bits per heavy atom. The lowest BCUT2D eigenvalue weighted by atomic mass is 10.0. The summed E-state index contributed by atoms with van der Waals surface area (Å²) in [6.07, 6.45) is -2.45. The quantitative estimate of drug-likeness (QED) is 0.428. The van der Waals surface area contributed by atoms with Crippen LogP contribution in [0.4, 0.5) is 13.2 Å². The summed E-state index contributed by atoms with van der Waals surface area (Å²) in [5.74, 6) is -1.50. The highest BCUT2D eigenvalue weighted by atomic mass is 35.5. The minimum Gasteiger partial charge on any atom is -0.419 e. The third-order valence-electron chi connectivity index (χ3n) is 6.47. The fourth-order valence-corrected chi connectivity index (χ4v) is 5.76. The van der Waals surface area contributed by atoms with Crippen LogP contribution >= 0.6 is 23.4 Å². The number of esters is 1. The third kappa shape index (κ3) is 7.06. The molecule has 2 aliphatic rings. The number of hydrogen-bond acceptors (Lipinski definition) is 7. The van der Waals surface area contributed by atoms with Crippen LogP contribution in [0.15, 0.2) is 64.4 Å². The summed E-state index contributed by atoms with van der Waals surface area (Å²) in [5, 5.41) is 0.901. The molecule has 0 radical (unpaired) electrons. The summed E-state index contributed by atoms with van der Waals surface area (Å²) in [4.78, 5) is 39.7. The molecule has 3 aromatic rings. The maximum absolute atomic E-state index is 12.9. The summed E-state index contributed by atoms with van der Waals surface area (Å²) >= 11 is 8.13. The standard InChI is InChI=1S/C14H11ClS.C14H17F3N4O4/c15-13-6-3-5-10-8-11-4-1-2-7-14(11)16-9-12(10)13;1-8(14(15,16)17)20-7-18-21-5-4-9(22)12(11(21)13(20)24)25-10(23)6-19(2)3/h1-7H,8-9H2;4-5,8,18H,6-7H2,1-3H3/t;8-/m.1/s1. The van der Waals surface area contributed by atoms with Gasteiger partial charge in [0.15, 0.2) is 5.69 Å². The minimum absolute atomic E-state index is 0.169. The number of ether oxygens (including phenoxy) is 1. The summed E-state index contributed by atoms with van der Waals surface area (Å²) in [5.41, 5.74) is 5.39. The highest BCUT2D eigenvalue weighted by Crippen LogP contribution is 2.36. The number of benzene rings is 2. The van der Waals surface area contributed by atoms with E-state index in [1.807, 2.05) is 23.9 Å². The average Bonchev–Trinajstić information content (AvgIpc) is 3.10. The van der Waals surface area contributed by atoms with E-state index in [1.54, 1.807) is 14.1 Å². The number of fused-ring (bicyclic) bond motifs is 3. The molecule has 2 aliphatic heterocycles. The first-order valence-corrected chi connectivity index (χ1v) is 13.9. The maximum Gasteiger partial charge on any atom is 0.408 e. The van der Waals surface area contributed by atoms with E-state index in [-0.39, 0.29) is 6.54 Å². The number of likely N-dealkylation sites (N-methyl/N-ethyl adjacent to an activating group) is 1. The highest BCUT2D eigenvalue weighted by molar-refractivity contribution is 7.98. The van der Waals surface area contributed by atoms with Crippen molar-refractivity contribution in [3.63, 3.8) is 0 Å². The van der Waals surface area contributed by atoms with E-state index in [4.69, 9.17) is 16.3 Å². The molecule has 0 fully saturated rings. The molecule has 13 heteroatoms. The van der Waals surface area contributed by atoms with Crippen LogP contribution < -0.4 is 15.6 Å². The van der Waals surface area contributed by atoms with Crippen LogP contribution in [-0.2, 0) is 17.0 Å². The number of aromatic nitrogens is 1. The molecule has 2 aromatic carbocycles. The zero-order valence-electron chi connectivity index (χ0n) is 22.5. The number of pyridine rings is 1. The fourth-order valence-electron chi connectivity index (χ4n) is 4.28. The Morgan fingerprint density at radius 3 is 2.54 bits per heavy atom. The third-order valence-corrected chi connectivity index (χ3v) is 7.97. The molecule has 1 N–H and O–H groups in total. The Hall–Kier alpha value is -3.48. The van der Waals surface area contributed by atoms with Crippen molar-refractivity contribution in [1.82, 2.24) is 14.5 Å². The first-order valence-electron chi connectivity index (χ1n) is 12.6. The smallest absolute Gasteiger partial charge is 0.408 e. The molecule has 0 saturated carbocycles. The monoisotopic (exact) mass is 608 g/mol. The molecule has 41 heavy (non-hydrogen) atoms. The van der Waals surface area contributed by atoms with Crippen LogP contribution in [0.1, 0.15) is 34.1 Å². The average molecular weight is 609 g/mol. The fraction of sp³-hybridized carbons (Fsp3) is 0.321. The number of amides is 1. The van der Waals surface area contributed by atoms with Crippen molar-refractivity contribution in [3.05, 3.63) is 92.4 Å². The van der Waals surface area contributed by atoms with Gasteiger partial charge in [-0.05, 0) is 56.3 Å². The normalized spacial score (nSPS) is 14.9. The summed E-state index contributed by atoms with van der Waals surface area (Å²) < 4.78 is 44.8. The molecular weight excluding hydrogens is 581 g/mol. The molecule has 3 heterocycles. The van der Waals surface area contributed by atoms with Gasteiger partial charge in [-0.15, -0.1) is 11.8 Å². The van der Waals surface area contributed by atoms with Crippen molar-refractivity contribution in [2.45, 2.75) is 36.2 Å². The van der Waals surface area contributed by atoms with Gasteiger partial charge in [0, 0.05) is 27.9 Å².